The number of hydrogen-bond acceptors (Lipinski definition) is 7. The molecule has 1 N–H and O–H groups in total. The van der Waals surface area contributed by atoms with Crippen molar-refractivity contribution in [1.82, 2.24) is 14.3 Å². The van der Waals surface area contributed by atoms with Crippen molar-refractivity contribution in [2.24, 2.45) is 5.92 Å². The van der Waals surface area contributed by atoms with Crippen molar-refractivity contribution in [2.75, 3.05) is 42.1 Å². The molecule has 0 bridgehead atoms. The molecular weight excluding hydrogens is 450 g/mol. The summed E-state index contributed by atoms with van der Waals surface area (Å²) in [6.07, 6.45) is 4.84. The van der Waals surface area contributed by atoms with E-state index >= 15 is 0 Å². The Labute approximate surface area is 195 Å². The molecule has 1 aromatic carbocycles. The Bertz CT molecular complexity index is 1050. The van der Waals surface area contributed by atoms with E-state index in [-0.39, 0.29) is 23.9 Å². The van der Waals surface area contributed by atoms with Crippen LogP contribution in [0.15, 0.2) is 30.5 Å². The van der Waals surface area contributed by atoms with Crippen LogP contribution in [0.4, 0.5) is 17.3 Å². The molecule has 0 atom stereocenters. The number of hydrogen-bond donors (Lipinski definition) is 1. The third-order valence-corrected chi connectivity index (χ3v) is 7.79. The van der Waals surface area contributed by atoms with Gasteiger partial charge in [0.2, 0.25) is 16.0 Å². The number of Topliss-reactive ketones (excluding diaryl/α,β-unsaturated/α-hetero) is 1. The van der Waals surface area contributed by atoms with Crippen LogP contribution in [0.5, 0.6) is 0 Å². The number of nitrogens with one attached hydrogen (secondary N) is 1. The SMILES string of the molecule is CCS(=O)(=O)N1CCN(c2ccc(Nc3ncc(C(C)=O)c(CC4CC4)n3)cc2)CC1.Cl. The van der Waals surface area contributed by atoms with Crippen LogP contribution < -0.4 is 10.2 Å². The van der Waals surface area contributed by atoms with Gasteiger partial charge in [-0.3, -0.25) is 4.79 Å². The molecule has 4 rings (SSSR count). The second kappa shape index (κ2) is 10.1. The summed E-state index contributed by atoms with van der Waals surface area (Å²) in [5, 5.41) is 3.23. The number of anilines is 3. The van der Waals surface area contributed by atoms with Crippen molar-refractivity contribution >= 4 is 45.5 Å². The molecule has 32 heavy (non-hydrogen) atoms. The van der Waals surface area contributed by atoms with Gasteiger partial charge < -0.3 is 10.2 Å². The second-order valence-corrected chi connectivity index (χ2v) is 10.5. The van der Waals surface area contributed by atoms with Crippen LogP contribution in [-0.2, 0) is 16.4 Å². The van der Waals surface area contributed by atoms with Gasteiger partial charge in [-0.05, 0) is 63.3 Å². The monoisotopic (exact) mass is 479 g/mol. The van der Waals surface area contributed by atoms with E-state index in [9.17, 15) is 13.2 Å². The number of nitrogens with zero attached hydrogens (tertiary/aromatic N) is 4. The molecule has 8 nitrogen and oxygen atoms in total. The van der Waals surface area contributed by atoms with E-state index in [1.54, 1.807) is 24.3 Å². The first kappa shape index (κ1) is 24.4. The Morgan fingerprint density at radius 2 is 1.78 bits per heavy atom. The van der Waals surface area contributed by atoms with Gasteiger partial charge in [0.15, 0.2) is 5.78 Å². The number of benzene rings is 1. The number of sulfonamides is 1. The van der Waals surface area contributed by atoms with Crippen LogP contribution in [0.1, 0.15) is 42.7 Å². The first-order chi connectivity index (χ1) is 14.9. The smallest absolute Gasteiger partial charge is 0.227 e. The fourth-order valence-electron chi connectivity index (χ4n) is 3.81. The number of rotatable bonds is 8. The van der Waals surface area contributed by atoms with Crippen molar-refractivity contribution in [3.05, 3.63) is 41.7 Å². The number of carbonyl (C=O) groups is 1. The Morgan fingerprint density at radius 1 is 1.12 bits per heavy atom. The number of ketones is 1. The summed E-state index contributed by atoms with van der Waals surface area (Å²) < 4.78 is 25.6. The van der Waals surface area contributed by atoms with Crippen LogP contribution in [-0.4, -0.2) is 60.4 Å². The molecule has 2 aromatic rings. The van der Waals surface area contributed by atoms with Gasteiger partial charge in [-0.25, -0.2) is 18.4 Å². The second-order valence-electron chi connectivity index (χ2n) is 8.22. The molecule has 1 aliphatic carbocycles. The maximum Gasteiger partial charge on any atom is 0.227 e. The fraction of sp³-hybridized carbons (Fsp3) is 0.500. The predicted octanol–water partition coefficient (Wildman–Crippen LogP) is 3.27. The lowest BCUT2D eigenvalue weighted by atomic mass is 10.1. The van der Waals surface area contributed by atoms with E-state index in [1.165, 1.54) is 12.8 Å². The largest absolute Gasteiger partial charge is 0.369 e. The fourth-order valence-corrected chi connectivity index (χ4v) is 4.90. The van der Waals surface area contributed by atoms with Crippen molar-refractivity contribution in [1.29, 1.82) is 0 Å². The minimum Gasteiger partial charge on any atom is -0.369 e. The van der Waals surface area contributed by atoms with E-state index in [4.69, 9.17) is 0 Å². The maximum atomic E-state index is 12.0. The summed E-state index contributed by atoms with van der Waals surface area (Å²) in [4.78, 5) is 23.0. The third-order valence-electron chi connectivity index (χ3n) is 5.91. The Balaban J connectivity index is 0.00000289. The number of halogens is 1. The standard InChI is InChI=1S/C22H29N5O3S.ClH/c1-3-31(29,30)27-12-10-26(11-13-27)19-8-6-18(7-9-19)24-22-23-15-20(16(2)28)21(25-22)14-17-4-5-17;/h6-9,15,17H,3-5,10-14H2,1-2H3,(H,23,24,25);1H. The molecular formula is C22H30ClN5O3S. The number of piperazine rings is 1. The van der Waals surface area contributed by atoms with Crippen molar-refractivity contribution in [3.8, 4) is 0 Å². The summed E-state index contributed by atoms with van der Waals surface area (Å²) in [7, 11) is -3.12. The van der Waals surface area contributed by atoms with E-state index in [2.05, 4.69) is 20.2 Å². The molecule has 1 aliphatic heterocycles. The average molecular weight is 480 g/mol. The number of carbonyl (C=O) groups excluding carboxylic acids is 1. The quantitative estimate of drug-likeness (QED) is 0.580. The lowest BCUT2D eigenvalue weighted by molar-refractivity contribution is 0.101. The zero-order chi connectivity index (χ0) is 22.0. The summed E-state index contributed by atoms with van der Waals surface area (Å²) in [5.41, 5.74) is 3.35. The molecule has 0 radical (unpaired) electrons. The van der Waals surface area contributed by atoms with Crippen molar-refractivity contribution in [3.63, 3.8) is 0 Å². The first-order valence-corrected chi connectivity index (χ1v) is 12.4. The highest BCUT2D eigenvalue weighted by Crippen LogP contribution is 2.33. The molecule has 1 saturated carbocycles. The molecule has 10 heteroatoms. The topological polar surface area (TPSA) is 95.5 Å². The van der Waals surface area contributed by atoms with E-state index < -0.39 is 10.0 Å². The first-order valence-electron chi connectivity index (χ1n) is 10.8. The van der Waals surface area contributed by atoms with Gasteiger partial charge in [-0.1, -0.05) is 0 Å². The van der Waals surface area contributed by atoms with Gasteiger partial charge in [0, 0.05) is 43.8 Å². The highest BCUT2D eigenvalue weighted by atomic mass is 35.5. The predicted molar refractivity (Wildman–Crippen MR) is 129 cm³/mol. The molecule has 2 heterocycles. The Hall–Kier alpha value is -2.23. The zero-order valence-electron chi connectivity index (χ0n) is 18.5. The Kier molecular flexibility index (Phi) is 7.74. The molecule has 1 aromatic heterocycles. The summed E-state index contributed by atoms with van der Waals surface area (Å²) >= 11 is 0. The lowest BCUT2D eigenvalue weighted by Gasteiger charge is -2.35. The Morgan fingerprint density at radius 3 is 2.34 bits per heavy atom. The van der Waals surface area contributed by atoms with Crippen LogP contribution in [0.3, 0.4) is 0 Å². The van der Waals surface area contributed by atoms with Crippen LogP contribution in [0.2, 0.25) is 0 Å². The van der Waals surface area contributed by atoms with Gasteiger partial charge in [-0.15, -0.1) is 12.4 Å². The molecule has 0 amide bonds. The van der Waals surface area contributed by atoms with Crippen molar-refractivity contribution in [2.45, 2.75) is 33.1 Å². The highest BCUT2D eigenvalue weighted by Gasteiger charge is 2.26. The van der Waals surface area contributed by atoms with Gasteiger partial charge in [0.05, 0.1) is 17.0 Å². The minimum atomic E-state index is -3.12. The molecule has 1 saturated heterocycles. The van der Waals surface area contributed by atoms with Crippen LogP contribution >= 0.6 is 12.4 Å². The summed E-state index contributed by atoms with van der Waals surface area (Å²) in [6.45, 7) is 5.60. The molecule has 2 fully saturated rings. The van der Waals surface area contributed by atoms with E-state index in [1.807, 2.05) is 24.3 Å². The van der Waals surface area contributed by atoms with E-state index in [0.717, 1.165) is 23.5 Å². The maximum absolute atomic E-state index is 12.0. The summed E-state index contributed by atoms with van der Waals surface area (Å²) in [6, 6.07) is 7.96. The lowest BCUT2D eigenvalue weighted by Crippen LogP contribution is -2.49. The third kappa shape index (κ3) is 5.76. The molecule has 0 spiro atoms. The molecule has 2 aliphatic rings. The van der Waals surface area contributed by atoms with E-state index in [0.29, 0.717) is 43.6 Å². The number of aromatic nitrogens is 2. The van der Waals surface area contributed by atoms with Gasteiger partial charge in [0.1, 0.15) is 0 Å². The zero-order valence-corrected chi connectivity index (χ0v) is 20.1. The summed E-state index contributed by atoms with van der Waals surface area (Å²) in [5.74, 6) is 1.27. The van der Waals surface area contributed by atoms with Gasteiger partial charge >= 0.3 is 0 Å². The van der Waals surface area contributed by atoms with Gasteiger partial charge in [0.25, 0.3) is 0 Å². The average Bonchev–Trinajstić information content (AvgIpc) is 3.58. The van der Waals surface area contributed by atoms with Crippen molar-refractivity contribution < 1.29 is 13.2 Å². The molecule has 0 unspecified atom stereocenters. The normalized spacial score (nSPS) is 17.0. The van der Waals surface area contributed by atoms with Crippen LogP contribution in [0, 0.1) is 5.92 Å². The van der Waals surface area contributed by atoms with Gasteiger partial charge in [-0.2, -0.15) is 4.31 Å². The minimum absolute atomic E-state index is 0. The molecule has 174 valence electrons. The van der Waals surface area contributed by atoms with Crippen LogP contribution in [0.25, 0.3) is 0 Å². The highest BCUT2D eigenvalue weighted by molar-refractivity contribution is 7.89.